The van der Waals surface area contributed by atoms with E-state index in [1.54, 1.807) is 27.7 Å². The molecule has 1 aromatic rings. The van der Waals surface area contributed by atoms with Crippen LogP contribution in [0.4, 0.5) is 25.0 Å². The van der Waals surface area contributed by atoms with Gasteiger partial charge in [-0.3, -0.25) is 14.9 Å². The van der Waals surface area contributed by atoms with Crippen molar-refractivity contribution in [2.75, 3.05) is 37.7 Å². The van der Waals surface area contributed by atoms with Crippen molar-refractivity contribution in [3.63, 3.8) is 0 Å². The molecular weight excluding hydrogens is 490 g/mol. The van der Waals surface area contributed by atoms with Gasteiger partial charge in [0.05, 0.1) is 22.7 Å². The highest BCUT2D eigenvalue weighted by atomic mass is 19.3. The Kier molecular flexibility index (Phi) is 8.61. The minimum absolute atomic E-state index is 0.0926. The lowest BCUT2D eigenvalue weighted by Gasteiger charge is -2.39. The minimum Gasteiger partial charge on any atom is -0.444 e. The quantitative estimate of drug-likeness (QED) is 0.415. The lowest BCUT2D eigenvalue weighted by atomic mass is 9.92. The summed E-state index contributed by atoms with van der Waals surface area (Å²) >= 11 is 0. The molecule has 0 bridgehead atoms. The number of primary amides is 1. The second kappa shape index (κ2) is 11.2. The zero-order valence-electron chi connectivity index (χ0n) is 21.8. The van der Waals surface area contributed by atoms with Gasteiger partial charge in [0.25, 0.3) is 17.5 Å². The molecule has 1 aromatic carbocycles. The van der Waals surface area contributed by atoms with E-state index in [4.69, 9.17) is 15.2 Å². The predicted octanol–water partition coefficient (Wildman–Crippen LogP) is 4.27. The van der Waals surface area contributed by atoms with Crippen molar-refractivity contribution < 1.29 is 32.8 Å². The highest BCUT2D eigenvalue weighted by Gasteiger charge is 2.46. The number of amides is 2. The molecule has 2 aliphatic rings. The number of aryl methyl sites for hydroxylation is 1. The van der Waals surface area contributed by atoms with E-state index < -0.39 is 41.0 Å². The van der Waals surface area contributed by atoms with Gasteiger partial charge in [-0.2, -0.15) is 0 Å². The molecule has 206 valence electrons. The molecule has 2 N–H and O–H groups in total. The Labute approximate surface area is 215 Å². The van der Waals surface area contributed by atoms with Crippen molar-refractivity contribution >= 4 is 23.4 Å². The summed E-state index contributed by atoms with van der Waals surface area (Å²) in [4.78, 5) is 38.3. The van der Waals surface area contributed by atoms with Crippen molar-refractivity contribution in [1.29, 1.82) is 0 Å². The maximum atomic E-state index is 14.5. The number of nitrogens with two attached hydrogens (primary N) is 1. The second-order valence-electron chi connectivity index (χ2n) is 10.8. The number of rotatable bonds is 7. The lowest BCUT2D eigenvalue weighted by Crippen LogP contribution is -2.54. The molecule has 2 fully saturated rings. The Hall–Kier alpha value is -3.02. The van der Waals surface area contributed by atoms with Gasteiger partial charge < -0.3 is 25.0 Å². The summed E-state index contributed by atoms with van der Waals surface area (Å²) in [5.41, 5.74) is 5.87. The van der Waals surface area contributed by atoms with Crippen LogP contribution in [0, 0.1) is 23.0 Å². The van der Waals surface area contributed by atoms with Gasteiger partial charge in [-0.15, -0.1) is 0 Å². The summed E-state index contributed by atoms with van der Waals surface area (Å²) in [5, 5.41) is 11.3. The number of benzene rings is 1. The average Bonchev–Trinajstić information content (AvgIpc) is 2.78. The van der Waals surface area contributed by atoms with Gasteiger partial charge in [0, 0.05) is 44.8 Å². The first kappa shape index (κ1) is 28.5. The molecule has 0 aliphatic carbocycles. The first-order valence-corrected chi connectivity index (χ1v) is 12.5. The number of alkyl halides is 2. The molecule has 1 atom stereocenters. The molecule has 3 rings (SSSR count). The normalized spacial score (nSPS) is 20.5. The number of hydrogen-bond donors (Lipinski definition) is 1. The molecule has 1 unspecified atom stereocenters. The molecule has 12 heteroatoms. The van der Waals surface area contributed by atoms with Gasteiger partial charge in [0.15, 0.2) is 0 Å². The van der Waals surface area contributed by atoms with Gasteiger partial charge in [0.1, 0.15) is 11.7 Å². The Morgan fingerprint density at radius 1 is 1.22 bits per heavy atom. The molecular formula is C25H36F2N4O6. The Balaban J connectivity index is 1.55. The third kappa shape index (κ3) is 7.27. The highest BCUT2D eigenvalue weighted by Crippen LogP contribution is 2.34. The number of piperidine rings is 2. The van der Waals surface area contributed by atoms with E-state index in [2.05, 4.69) is 0 Å². The summed E-state index contributed by atoms with van der Waals surface area (Å²) in [5.74, 6) is -3.48. The predicted molar refractivity (Wildman–Crippen MR) is 133 cm³/mol. The van der Waals surface area contributed by atoms with E-state index in [1.165, 1.54) is 17.0 Å². The van der Waals surface area contributed by atoms with Gasteiger partial charge in [-0.05, 0) is 58.4 Å². The topological polar surface area (TPSA) is 128 Å². The molecule has 2 aliphatic heterocycles. The summed E-state index contributed by atoms with van der Waals surface area (Å²) < 4.78 is 39.8. The largest absolute Gasteiger partial charge is 0.444 e. The second-order valence-corrected chi connectivity index (χ2v) is 10.8. The van der Waals surface area contributed by atoms with Crippen LogP contribution in [-0.4, -0.2) is 72.2 Å². The number of likely N-dealkylation sites (tertiary alicyclic amines) is 1. The van der Waals surface area contributed by atoms with Crippen molar-refractivity contribution in [2.45, 2.75) is 71.0 Å². The fourth-order valence-corrected chi connectivity index (χ4v) is 4.80. The van der Waals surface area contributed by atoms with Crippen LogP contribution < -0.4 is 10.6 Å². The Bertz CT molecular complexity index is 1020. The van der Waals surface area contributed by atoms with Gasteiger partial charge in [0.2, 0.25) is 0 Å². The molecule has 2 heterocycles. The molecule has 37 heavy (non-hydrogen) atoms. The molecule has 0 spiro atoms. The number of hydrogen-bond acceptors (Lipinski definition) is 7. The molecule has 0 radical (unpaired) electrons. The number of ether oxygens (including phenoxy) is 2. The number of carbonyl (C=O) groups is 2. The molecule has 2 saturated heterocycles. The summed E-state index contributed by atoms with van der Waals surface area (Å²) in [6, 6.07) is 2.71. The fraction of sp³-hybridized carbons (Fsp3) is 0.680. The monoisotopic (exact) mass is 526 g/mol. The van der Waals surface area contributed by atoms with Crippen LogP contribution >= 0.6 is 0 Å². The van der Waals surface area contributed by atoms with Crippen LogP contribution in [0.25, 0.3) is 0 Å². The van der Waals surface area contributed by atoms with Crippen LogP contribution in [0.1, 0.15) is 62.4 Å². The van der Waals surface area contributed by atoms with Crippen molar-refractivity contribution in [1.82, 2.24) is 4.90 Å². The SMILES string of the molecule is Cc1cc([N+](=O)[O-])cc(N2CCC(CCOC3CN(C(=O)OC(C)(C)C)CCC3(F)F)CC2)c1C(N)=O. The van der Waals surface area contributed by atoms with E-state index in [-0.39, 0.29) is 36.9 Å². The molecule has 10 nitrogen and oxygen atoms in total. The van der Waals surface area contributed by atoms with Crippen LogP contribution in [0.15, 0.2) is 12.1 Å². The van der Waals surface area contributed by atoms with Crippen molar-refractivity contribution in [3.05, 3.63) is 33.4 Å². The summed E-state index contributed by atoms with van der Waals surface area (Å²) in [6.45, 7) is 7.65. The van der Waals surface area contributed by atoms with E-state index in [1.807, 2.05) is 4.90 Å². The van der Waals surface area contributed by atoms with Gasteiger partial charge in [-0.25, -0.2) is 13.6 Å². The maximum Gasteiger partial charge on any atom is 0.410 e. The van der Waals surface area contributed by atoms with Crippen LogP contribution in [0.2, 0.25) is 0 Å². The molecule has 0 aromatic heterocycles. The van der Waals surface area contributed by atoms with E-state index >= 15 is 0 Å². The number of non-ortho nitro benzene ring substituents is 1. The Morgan fingerprint density at radius 2 is 1.86 bits per heavy atom. The van der Waals surface area contributed by atoms with E-state index in [0.717, 1.165) is 0 Å². The average molecular weight is 527 g/mol. The number of halogens is 2. The fourth-order valence-electron chi connectivity index (χ4n) is 4.80. The van der Waals surface area contributed by atoms with Crippen molar-refractivity contribution in [3.8, 4) is 0 Å². The Morgan fingerprint density at radius 3 is 2.43 bits per heavy atom. The number of anilines is 1. The first-order valence-electron chi connectivity index (χ1n) is 12.5. The number of carbonyl (C=O) groups excluding carboxylic acids is 2. The van der Waals surface area contributed by atoms with E-state index in [9.17, 15) is 28.5 Å². The van der Waals surface area contributed by atoms with Crippen LogP contribution in [0.3, 0.4) is 0 Å². The van der Waals surface area contributed by atoms with Crippen LogP contribution in [-0.2, 0) is 9.47 Å². The highest BCUT2D eigenvalue weighted by molar-refractivity contribution is 6.00. The standard InChI is InChI=1S/C25H36F2N4O6/c1-16-13-18(31(34)35)14-19(21(16)22(28)32)29-9-5-17(6-10-29)7-12-36-20-15-30(11-8-25(20,26)27)23(33)37-24(2,3)4/h13-14,17,20H,5-12,15H2,1-4H3,(H2,28,32). The van der Waals surface area contributed by atoms with Gasteiger partial charge in [-0.1, -0.05) is 0 Å². The van der Waals surface area contributed by atoms with E-state index in [0.29, 0.717) is 43.6 Å². The molecule has 0 saturated carbocycles. The minimum atomic E-state index is -3.03. The lowest BCUT2D eigenvalue weighted by molar-refractivity contribution is -0.384. The van der Waals surface area contributed by atoms with Crippen molar-refractivity contribution in [2.24, 2.45) is 11.7 Å². The zero-order valence-corrected chi connectivity index (χ0v) is 21.8. The summed E-state index contributed by atoms with van der Waals surface area (Å²) in [6.07, 6.45) is -0.553. The first-order chi connectivity index (χ1) is 17.2. The number of nitro groups is 1. The third-order valence-electron chi connectivity index (χ3n) is 6.78. The third-order valence-corrected chi connectivity index (χ3v) is 6.78. The number of nitro benzene ring substituents is 1. The molecule has 2 amide bonds. The van der Waals surface area contributed by atoms with Gasteiger partial charge >= 0.3 is 6.09 Å². The maximum absolute atomic E-state index is 14.5. The zero-order chi connectivity index (χ0) is 27.5. The smallest absolute Gasteiger partial charge is 0.410 e. The number of nitrogens with zero attached hydrogens (tertiary/aromatic N) is 3. The van der Waals surface area contributed by atoms with Crippen LogP contribution in [0.5, 0.6) is 0 Å². The summed E-state index contributed by atoms with van der Waals surface area (Å²) in [7, 11) is 0.